The van der Waals surface area contributed by atoms with E-state index in [0.29, 0.717) is 36.6 Å². The van der Waals surface area contributed by atoms with Gasteiger partial charge in [-0.1, -0.05) is 6.07 Å². The van der Waals surface area contributed by atoms with Crippen LogP contribution in [0.15, 0.2) is 47.4 Å². The minimum atomic E-state index is -3.45. The van der Waals surface area contributed by atoms with Gasteiger partial charge in [-0.05, 0) is 73.7 Å². The van der Waals surface area contributed by atoms with E-state index in [9.17, 15) is 13.2 Å². The molecule has 0 N–H and O–H groups in total. The van der Waals surface area contributed by atoms with Crippen LogP contribution in [0.4, 0.5) is 5.69 Å². The van der Waals surface area contributed by atoms with Crippen LogP contribution in [0.1, 0.15) is 34.8 Å². The smallest absolute Gasteiger partial charge is 0.243 e. The van der Waals surface area contributed by atoms with Gasteiger partial charge in [-0.3, -0.25) is 4.79 Å². The third-order valence-electron chi connectivity index (χ3n) is 5.59. The van der Waals surface area contributed by atoms with Gasteiger partial charge < -0.3 is 4.90 Å². The highest BCUT2D eigenvalue weighted by atomic mass is 32.2. The second kappa shape index (κ2) is 7.09. The lowest BCUT2D eigenvalue weighted by Gasteiger charge is -2.35. The first-order valence-electron chi connectivity index (χ1n) is 9.43. The molecule has 0 atom stereocenters. The third kappa shape index (κ3) is 3.51. The Balaban J connectivity index is 1.46. The number of carbonyl (C=O) groups excluding carboxylic acids is 1. The van der Waals surface area contributed by atoms with E-state index in [1.807, 2.05) is 36.4 Å². The van der Waals surface area contributed by atoms with Gasteiger partial charge >= 0.3 is 0 Å². The lowest BCUT2D eigenvalue weighted by Crippen LogP contribution is -2.48. The number of fused-ring (bicyclic) bond motifs is 1. The molecule has 0 radical (unpaired) electrons. The Labute approximate surface area is 160 Å². The number of nitrogens with zero attached hydrogens (tertiary/aromatic N) is 2. The molecule has 2 aliphatic rings. The Hall–Kier alpha value is -2.18. The highest BCUT2D eigenvalue weighted by molar-refractivity contribution is 7.89. The Morgan fingerprint density at radius 2 is 1.56 bits per heavy atom. The Bertz CT molecular complexity index is 959. The fourth-order valence-electron chi connectivity index (χ4n) is 3.95. The van der Waals surface area contributed by atoms with Crippen molar-refractivity contribution >= 4 is 21.5 Å². The van der Waals surface area contributed by atoms with Gasteiger partial charge in [0.05, 0.1) is 4.90 Å². The highest BCUT2D eigenvalue weighted by Gasteiger charge is 2.29. The van der Waals surface area contributed by atoms with Crippen molar-refractivity contribution in [3.63, 3.8) is 0 Å². The van der Waals surface area contributed by atoms with E-state index in [2.05, 4.69) is 4.90 Å². The molecule has 0 unspecified atom stereocenters. The highest BCUT2D eigenvalue weighted by Crippen LogP contribution is 2.27. The van der Waals surface area contributed by atoms with E-state index in [0.717, 1.165) is 24.9 Å². The number of carbonyl (C=O) groups is 1. The number of ketones is 1. The van der Waals surface area contributed by atoms with Crippen molar-refractivity contribution in [1.29, 1.82) is 0 Å². The summed E-state index contributed by atoms with van der Waals surface area (Å²) in [6, 6.07) is 13.1. The first-order valence-corrected chi connectivity index (χ1v) is 10.9. The standard InChI is InChI=1S/C21H24N2O3S/c1-16(24)17-5-8-20(9-6-17)22-11-13-23(14-12-22)27(25,26)21-10-7-18-3-2-4-19(18)15-21/h5-10,15H,2-4,11-14H2,1H3. The summed E-state index contributed by atoms with van der Waals surface area (Å²) in [7, 11) is -3.45. The lowest BCUT2D eigenvalue weighted by atomic mass is 10.1. The molecule has 0 spiro atoms. The predicted octanol–water partition coefficient (Wildman–Crippen LogP) is 2.89. The number of hydrogen-bond acceptors (Lipinski definition) is 4. The van der Waals surface area contributed by atoms with E-state index in [1.165, 1.54) is 11.1 Å². The normalized spacial score (nSPS) is 17.7. The topological polar surface area (TPSA) is 57.7 Å². The molecule has 4 rings (SSSR count). The quantitative estimate of drug-likeness (QED) is 0.761. The number of hydrogen-bond donors (Lipinski definition) is 0. The zero-order valence-electron chi connectivity index (χ0n) is 15.5. The summed E-state index contributed by atoms with van der Waals surface area (Å²) in [5.74, 6) is 0.0480. The fourth-order valence-corrected chi connectivity index (χ4v) is 5.42. The SMILES string of the molecule is CC(=O)c1ccc(N2CCN(S(=O)(=O)c3ccc4c(c3)CCC4)CC2)cc1. The van der Waals surface area contributed by atoms with Gasteiger partial charge in [-0.15, -0.1) is 0 Å². The van der Waals surface area contributed by atoms with Crippen LogP contribution in [-0.4, -0.2) is 44.7 Å². The van der Waals surface area contributed by atoms with E-state index in [4.69, 9.17) is 0 Å². The molecule has 6 heteroatoms. The van der Waals surface area contributed by atoms with Gasteiger partial charge in [-0.25, -0.2) is 8.42 Å². The Morgan fingerprint density at radius 1 is 0.889 bits per heavy atom. The number of benzene rings is 2. The summed E-state index contributed by atoms with van der Waals surface area (Å²) in [6.45, 7) is 3.77. The van der Waals surface area contributed by atoms with Crippen molar-refractivity contribution in [1.82, 2.24) is 4.31 Å². The predicted molar refractivity (Wildman–Crippen MR) is 106 cm³/mol. The van der Waals surface area contributed by atoms with Crippen LogP contribution >= 0.6 is 0 Å². The van der Waals surface area contributed by atoms with Crippen molar-refractivity contribution in [2.75, 3.05) is 31.1 Å². The Morgan fingerprint density at radius 3 is 2.22 bits per heavy atom. The molecular formula is C21H24N2O3S. The number of anilines is 1. The molecule has 2 aromatic carbocycles. The average molecular weight is 385 g/mol. The van der Waals surface area contributed by atoms with Crippen LogP contribution < -0.4 is 4.90 Å². The number of Topliss-reactive ketones (excluding diaryl/α,β-unsaturated/α-hetero) is 1. The van der Waals surface area contributed by atoms with Gasteiger partial charge in [0, 0.05) is 37.4 Å². The summed E-state index contributed by atoms with van der Waals surface area (Å²) in [5.41, 5.74) is 4.18. The van der Waals surface area contributed by atoms with E-state index >= 15 is 0 Å². The van der Waals surface area contributed by atoms with Crippen LogP contribution in [0.3, 0.4) is 0 Å². The summed E-state index contributed by atoms with van der Waals surface area (Å²) in [6.07, 6.45) is 3.14. The summed E-state index contributed by atoms with van der Waals surface area (Å²) in [4.78, 5) is 14.0. The third-order valence-corrected chi connectivity index (χ3v) is 7.48. The molecule has 1 aliphatic carbocycles. The molecule has 0 aromatic heterocycles. The lowest BCUT2D eigenvalue weighted by molar-refractivity contribution is 0.101. The molecule has 0 bridgehead atoms. The van der Waals surface area contributed by atoms with Crippen molar-refractivity contribution in [3.8, 4) is 0 Å². The number of aryl methyl sites for hydroxylation is 2. The molecule has 0 saturated carbocycles. The van der Waals surface area contributed by atoms with Crippen LogP contribution in [0.5, 0.6) is 0 Å². The van der Waals surface area contributed by atoms with Crippen molar-refractivity contribution in [2.24, 2.45) is 0 Å². The molecule has 1 fully saturated rings. The fraction of sp³-hybridized carbons (Fsp3) is 0.381. The summed E-state index contributed by atoms with van der Waals surface area (Å²) in [5, 5.41) is 0. The van der Waals surface area contributed by atoms with Gasteiger partial charge in [0.25, 0.3) is 0 Å². The average Bonchev–Trinajstić information content (AvgIpc) is 3.16. The number of piperazine rings is 1. The van der Waals surface area contributed by atoms with E-state index in [-0.39, 0.29) is 5.78 Å². The molecule has 27 heavy (non-hydrogen) atoms. The molecule has 2 aromatic rings. The molecule has 1 aliphatic heterocycles. The van der Waals surface area contributed by atoms with Crippen molar-refractivity contribution < 1.29 is 13.2 Å². The monoisotopic (exact) mass is 384 g/mol. The molecule has 142 valence electrons. The minimum absolute atomic E-state index is 0.0480. The molecule has 1 saturated heterocycles. The molecule has 5 nitrogen and oxygen atoms in total. The molecule has 0 amide bonds. The molecular weight excluding hydrogens is 360 g/mol. The first-order chi connectivity index (χ1) is 12.9. The van der Waals surface area contributed by atoms with Gasteiger partial charge in [0.1, 0.15) is 0 Å². The van der Waals surface area contributed by atoms with Crippen molar-refractivity contribution in [3.05, 3.63) is 59.2 Å². The van der Waals surface area contributed by atoms with Crippen LogP contribution in [0.2, 0.25) is 0 Å². The van der Waals surface area contributed by atoms with Crippen LogP contribution in [0.25, 0.3) is 0 Å². The first kappa shape index (κ1) is 18.2. The summed E-state index contributed by atoms with van der Waals surface area (Å²) >= 11 is 0. The van der Waals surface area contributed by atoms with Crippen LogP contribution in [0, 0.1) is 0 Å². The maximum atomic E-state index is 13.0. The van der Waals surface area contributed by atoms with Gasteiger partial charge in [0.2, 0.25) is 10.0 Å². The van der Waals surface area contributed by atoms with Crippen LogP contribution in [-0.2, 0) is 22.9 Å². The Kier molecular flexibility index (Phi) is 4.78. The zero-order valence-corrected chi connectivity index (χ0v) is 16.3. The second-order valence-corrected chi connectivity index (χ2v) is 9.22. The minimum Gasteiger partial charge on any atom is -0.369 e. The second-order valence-electron chi connectivity index (χ2n) is 7.28. The summed E-state index contributed by atoms with van der Waals surface area (Å²) < 4.78 is 27.6. The number of rotatable bonds is 4. The zero-order chi connectivity index (χ0) is 19.0. The van der Waals surface area contributed by atoms with Crippen molar-refractivity contribution in [2.45, 2.75) is 31.1 Å². The number of sulfonamides is 1. The van der Waals surface area contributed by atoms with E-state index in [1.54, 1.807) is 17.3 Å². The molecule has 1 heterocycles. The maximum absolute atomic E-state index is 13.0. The van der Waals surface area contributed by atoms with Gasteiger partial charge in [0.15, 0.2) is 5.78 Å². The maximum Gasteiger partial charge on any atom is 0.243 e. The largest absolute Gasteiger partial charge is 0.369 e. The van der Waals surface area contributed by atoms with Gasteiger partial charge in [-0.2, -0.15) is 4.31 Å². The van der Waals surface area contributed by atoms with E-state index < -0.39 is 10.0 Å².